The van der Waals surface area contributed by atoms with Gasteiger partial charge in [-0.2, -0.15) is 26.7 Å². The second-order valence-electron chi connectivity index (χ2n) is 6.70. The molecule has 0 radical (unpaired) electrons. The minimum absolute atomic E-state index is 0.0711. The molecular weight excluding hydrogens is 463 g/mol. The summed E-state index contributed by atoms with van der Waals surface area (Å²) in [5.41, 5.74) is -4.89. The fourth-order valence-electron chi connectivity index (χ4n) is 2.88. The van der Waals surface area contributed by atoms with Gasteiger partial charge in [-0.15, -0.1) is 0 Å². The second kappa shape index (κ2) is 9.87. The molecule has 1 aromatic carbocycles. The van der Waals surface area contributed by atoms with E-state index >= 15 is 0 Å². The molecule has 0 spiro atoms. The number of phenols is 2. The molecule has 1 fully saturated rings. The fourth-order valence-corrected chi connectivity index (χ4v) is 3.82. The number of alkyl halides is 3. The van der Waals surface area contributed by atoms with Gasteiger partial charge in [-0.05, 0) is 25.0 Å². The lowest BCUT2D eigenvalue weighted by molar-refractivity contribution is -0.0510. The summed E-state index contributed by atoms with van der Waals surface area (Å²) in [4.78, 5) is 5.67. The van der Waals surface area contributed by atoms with Crippen molar-refractivity contribution < 1.29 is 41.1 Å². The fraction of sp³-hybridized carbons (Fsp3) is 0.529. The number of aryl methyl sites for hydroxylation is 1. The summed E-state index contributed by atoms with van der Waals surface area (Å²) in [6, 6.07) is 3.46. The molecule has 1 aliphatic rings. The Hall–Kier alpha value is -2.32. The zero-order valence-electron chi connectivity index (χ0n) is 16.6. The van der Waals surface area contributed by atoms with Crippen molar-refractivity contribution in [2.24, 2.45) is 12.0 Å². The third-order valence-corrected chi connectivity index (χ3v) is 6.01. The number of benzene rings is 1. The normalized spacial score (nSPS) is 16.0. The average Bonchev–Trinajstić information content (AvgIpc) is 3.02. The van der Waals surface area contributed by atoms with Crippen molar-refractivity contribution in [3.8, 4) is 27.8 Å². The number of halogens is 3. The van der Waals surface area contributed by atoms with Gasteiger partial charge in [0.25, 0.3) is 0 Å². The van der Waals surface area contributed by atoms with Crippen LogP contribution in [0.1, 0.15) is 32.1 Å². The van der Waals surface area contributed by atoms with Gasteiger partial charge >= 0.3 is 15.6 Å². The first-order valence-electron chi connectivity index (χ1n) is 9.05. The summed E-state index contributed by atoms with van der Waals surface area (Å²) in [5.74, 6) is -0.140. The Morgan fingerprint density at radius 2 is 1.71 bits per heavy atom. The van der Waals surface area contributed by atoms with Gasteiger partial charge in [-0.25, -0.2) is 4.68 Å². The number of hydrogen-bond donors (Lipinski definition) is 3. The van der Waals surface area contributed by atoms with E-state index in [1.165, 1.54) is 37.7 Å². The standard InChI is InChI=1S/C16H21N3O3S.CHF3O3S/c1-19-16(17-11-6-4-3-5-7-11)23-15(18-19)10-8-12(20)14(22-2)13(21)9-10;2-1(3,4)8(5,6)7/h8-9,11,20-21H,3-7H2,1-2H3;(H,5,6,7). The van der Waals surface area contributed by atoms with Crippen LogP contribution in [-0.4, -0.2) is 51.6 Å². The summed E-state index contributed by atoms with van der Waals surface area (Å²) < 4.78 is 64.3. The third-order valence-electron chi connectivity index (χ3n) is 4.37. The Balaban J connectivity index is 0.000000366. The van der Waals surface area contributed by atoms with Crippen LogP contribution in [0.4, 0.5) is 13.2 Å². The van der Waals surface area contributed by atoms with Crippen molar-refractivity contribution in [2.45, 2.75) is 43.7 Å². The topological polar surface area (TPSA) is 134 Å². The molecule has 0 unspecified atom stereocenters. The van der Waals surface area contributed by atoms with Gasteiger partial charge in [-0.1, -0.05) is 30.6 Å². The molecule has 9 nitrogen and oxygen atoms in total. The van der Waals surface area contributed by atoms with Gasteiger partial charge in [0.1, 0.15) is 5.01 Å². The van der Waals surface area contributed by atoms with E-state index < -0.39 is 15.6 Å². The number of aromatic nitrogens is 2. The Kier molecular flexibility index (Phi) is 7.94. The molecule has 1 heterocycles. The van der Waals surface area contributed by atoms with Gasteiger partial charge in [-0.3, -0.25) is 9.55 Å². The van der Waals surface area contributed by atoms with E-state index in [1.807, 2.05) is 7.05 Å². The van der Waals surface area contributed by atoms with E-state index in [-0.39, 0.29) is 17.2 Å². The van der Waals surface area contributed by atoms with Crippen LogP contribution in [0.3, 0.4) is 0 Å². The maximum Gasteiger partial charge on any atom is 0.522 e. The number of phenolic OH excluding ortho intramolecular Hbond substituents is 2. The van der Waals surface area contributed by atoms with Crippen molar-refractivity contribution >= 4 is 21.5 Å². The number of nitrogens with zero attached hydrogens (tertiary/aromatic N) is 3. The molecular formula is C17H22F3N3O6S2. The maximum atomic E-state index is 10.7. The van der Waals surface area contributed by atoms with Gasteiger partial charge in [0, 0.05) is 12.6 Å². The molecule has 14 heteroatoms. The number of ether oxygens (including phenoxy) is 1. The molecule has 0 bridgehead atoms. The molecule has 1 aromatic heterocycles. The molecule has 31 heavy (non-hydrogen) atoms. The van der Waals surface area contributed by atoms with Crippen LogP contribution in [0.2, 0.25) is 0 Å². The Bertz CT molecular complexity index is 1050. The van der Waals surface area contributed by atoms with Crippen LogP contribution < -0.4 is 9.54 Å². The van der Waals surface area contributed by atoms with Crippen molar-refractivity contribution in [2.75, 3.05) is 7.11 Å². The average molecular weight is 486 g/mol. The van der Waals surface area contributed by atoms with Crippen molar-refractivity contribution in [1.82, 2.24) is 9.78 Å². The van der Waals surface area contributed by atoms with Crippen LogP contribution in [0.5, 0.6) is 17.2 Å². The van der Waals surface area contributed by atoms with Gasteiger partial charge in [0.2, 0.25) is 10.6 Å². The highest BCUT2D eigenvalue weighted by atomic mass is 32.2. The summed E-state index contributed by atoms with van der Waals surface area (Å²) in [7, 11) is -2.57. The van der Waals surface area contributed by atoms with Crippen molar-refractivity contribution in [1.29, 1.82) is 0 Å². The van der Waals surface area contributed by atoms with Crippen molar-refractivity contribution in [3.63, 3.8) is 0 Å². The SMILES string of the molecule is COc1c(O)cc(-c2nn(C)c(=NC3CCCCC3)s2)cc1O.O=S(=O)(O)C(F)(F)F. The molecule has 3 N–H and O–H groups in total. The minimum Gasteiger partial charge on any atom is -0.504 e. The van der Waals surface area contributed by atoms with Crippen LogP contribution >= 0.6 is 11.3 Å². The number of methoxy groups -OCH3 is 1. The van der Waals surface area contributed by atoms with Gasteiger partial charge in [0.05, 0.1) is 13.2 Å². The second-order valence-corrected chi connectivity index (χ2v) is 9.07. The highest BCUT2D eigenvalue weighted by molar-refractivity contribution is 7.86. The number of hydrogen-bond acceptors (Lipinski definition) is 8. The van der Waals surface area contributed by atoms with E-state index in [9.17, 15) is 23.4 Å². The zero-order valence-corrected chi connectivity index (χ0v) is 18.3. The molecule has 0 atom stereocenters. The Morgan fingerprint density at radius 1 is 1.19 bits per heavy atom. The van der Waals surface area contributed by atoms with E-state index in [1.54, 1.807) is 16.8 Å². The first kappa shape index (κ1) is 24.9. The Morgan fingerprint density at radius 3 is 2.16 bits per heavy atom. The predicted molar refractivity (Wildman–Crippen MR) is 106 cm³/mol. The third kappa shape index (κ3) is 6.58. The summed E-state index contributed by atoms with van der Waals surface area (Å²) in [5, 5.41) is 25.0. The first-order chi connectivity index (χ1) is 14.3. The van der Waals surface area contributed by atoms with Crippen LogP contribution in [0.15, 0.2) is 17.1 Å². The summed E-state index contributed by atoms with van der Waals surface area (Å²) in [6.07, 6.45) is 6.05. The molecule has 1 aliphatic carbocycles. The highest BCUT2D eigenvalue weighted by Crippen LogP contribution is 2.39. The molecule has 0 saturated heterocycles. The van der Waals surface area contributed by atoms with E-state index in [2.05, 4.69) is 5.10 Å². The monoisotopic (exact) mass is 485 g/mol. The smallest absolute Gasteiger partial charge is 0.504 e. The molecule has 1 saturated carbocycles. The van der Waals surface area contributed by atoms with Crippen LogP contribution in [0, 0.1) is 0 Å². The number of rotatable bonds is 3. The molecule has 0 aliphatic heterocycles. The predicted octanol–water partition coefficient (Wildman–Crippen LogP) is 3.20. The van der Waals surface area contributed by atoms with E-state index in [0.717, 1.165) is 17.6 Å². The van der Waals surface area contributed by atoms with E-state index in [0.29, 0.717) is 16.6 Å². The quantitative estimate of drug-likeness (QED) is 0.449. The molecule has 3 rings (SSSR count). The molecule has 174 valence electrons. The Labute approximate surface area is 180 Å². The van der Waals surface area contributed by atoms with E-state index in [4.69, 9.17) is 22.7 Å². The first-order valence-corrected chi connectivity index (χ1v) is 11.3. The molecule has 0 amide bonds. The highest BCUT2D eigenvalue weighted by Gasteiger charge is 2.44. The van der Waals surface area contributed by atoms with Crippen LogP contribution in [0.25, 0.3) is 10.6 Å². The zero-order chi connectivity index (χ0) is 23.4. The van der Waals surface area contributed by atoms with Gasteiger partial charge in [0.15, 0.2) is 11.5 Å². The van der Waals surface area contributed by atoms with Crippen molar-refractivity contribution in [3.05, 3.63) is 16.9 Å². The van der Waals surface area contributed by atoms with Gasteiger partial charge < -0.3 is 14.9 Å². The lowest BCUT2D eigenvalue weighted by Crippen LogP contribution is -2.21. The molecule has 2 aromatic rings. The largest absolute Gasteiger partial charge is 0.522 e. The maximum absolute atomic E-state index is 10.7. The summed E-state index contributed by atoms with van der Waals surface area (Å²) >= 11 is 1.46. The van der Waals surface area contributed by atoms with Crippen LogP contribution in [-0.2, 0) is 17.2 Å². The summed E-state index contributed by atoms with van der Waals surface area (Å²) in [6.45, 7) is 0. The lowest BCUT2D eigenvalue weighted by atomic mass is 9.96. The lowest BCUT2D eigenvalue weighted by Gasteiger charge is -2.16. The number of aromatic hydroxyl groups is 2. The minimum atomic E-state index is -5.84.